The molecule has 0 unspecified atom stereocenters. The van der Waals surface area contributed by atoms with Gasteiger partial charge in [0.25, 0.3) is 0 Å². The molecule has 0 atom stereocenters. The van der Waals surface area contributed by atoms with Crippen LogP contribution >= 0.6 is 12.6 Å². The summed E-state index contributed by atoms with van der Waals surface area (Å²) in [4.78, 5) is 15.5. The number of aliphatic imine (C=N–C) groups is 1. The zero-order valence-electron chi connectivity index (χ0n) is 9.77. The maximum atomic E-state index is 11.4. The molecule has 1 aromatic rings. The summed E-state index contributed by atoms with van der Waals surface area (Å²) in [7, 11) is 1.47. The summed E-state index contributed by atoms with van der Waals surface area (Å²) in [5, 5.41) is 13.8. The Hall–Kier alpha value is -2.20. The number of benzene rings is 1. The van der Waals surface area contributed by atoms with Gasteiger partial charge in [-0.1, -0.05) is 12.1 Å². The average Bonchev–Trinajstić information content (AvgIpc) is 2.37. The first-order valence-corrected chi connectivity index (χ1v) is 5.51. The molecule has 0 aliphatic rings. The average molecular weight is 263 g/mol. The highest BCUT2D eigenvalue weighted by molar-refractivity contribution is 7.80. The highest BCUT2D eigenvalue weighted by Crippen LogP contribution is 2.18. The van der Waals surface area contributed by atoms with Crippen molar-refractivity contribution in [3.63, 3.8) is 0 Å². The lowest BCUT2D eigenvalue weighted by atomic mass is 10.1. The number of carbonyl (C=O) groups excluding carboxylic acids is 1. The van der Waals surface area contributed by atoms with Crippen molar-refractivity contribution in [3.8, 4) is 6.07 Å². The summed E-state index contributed by atoms with van der Waals surface area (Å²) in [5.74, 6) is 0.0318. The second-order valence-corrected chi connectivity index (χ2v) is 3.79. The SMILES string of the molecule is CN=C(N)NC(=O)NCc1cccc(C#N)c1S. The third-order valence-corrected chi connectivity index (χ3v) is 2.69. The summed E-state index contributed by atoms with van der Waals surface area (Å²) in [6.07, 6.45) is 0. The normalized spacial score (nSPS) is 10.6. The third kappa shape index (κ3) is 3.68. The molecule has 0 heterocycles. The lowest BCUT2D eigenvalue weighted by Gasteiger charge is -2.09. The number of nitrogens with zero attached hydrogens (tertiary/aromatic N) is 2. The maximum absolute atomic E-state index is 11.4. The van der Waals surface area contributed by atoms with Gasteiger partial charge in [-0.25, -0.2) is 4.79 Å². The summed E-state index contributed by atoms with van der Waals surface area (Å²) < 4.78 is 0. The summed E-state index contributed by atoms with van der Waals surface area (Å²) in [6, 6.07) is 6.73. The van der Waals surface area contributed by atoms with Crippen LogP contribution in [0.1, 0.15) is 11.1 Å². The zero-order chi connectivity index (χ0) is 13.5. The minimum Gasteiger partial charge on any atom is -0.370 e. The molecule has 0 aromatic heterocycles. The molecule has 18 heavy (non-hydrogen) atoms. The van der Waals surface area contributed by atoms with Gasteiger partial charge in [0, 0.05) is 18.5 Å². The van der Waals surface area contributed by atoms with Crippen LogP contribution in [0.4, 0.5) is 4.79 Å². The predicted molar refractivity (Wildman–Crippen MR) is 71.3 cm³/mol. The van der Waals surface area contributed by atoms with Gasteiger partial charge in [-0.2, -0.15) is 5.26 Å². The Balaban J connectivity index is 2.65. The number of thiol groups is 1. The molecule has 0 radical (unpaired) electrons. The molecule has 7 heteroatoms. The standard InChI is InChI=1S/C11H13N5OS/c1-14-10(13)16-11(17)15-6-8-4-2-3-7(5-12)9(8)18/h2-4,18H,6H2,1H3,(H4,13,14,15,16,17). The van der Waals surface area contributed by atoms with E-state index >= 15 is 0 Å². The molecule has 0 bridgehead atoms. The number of hydrogen-bond donors (Lipinski definition) is 4. The number of guanidine groups is 1. The highest BCUT2D eigenvalue weighted by atomic mass is 32.1. The van der Waals surface area contributed by atoms with Crippen LogP contribution in [0.15, 0.2) is 28.1 Å². The molecule has 0 saturated heterocycles. The van der Waals surface area contributed by atoms with E-state index in [4.69, 9.17) is 11.0 Å². The Morgan fingerprint density at radius 2 is 2.33 bits per heavy atom. The van der Waals surface area contributed by atoms with Gasteiger partial charge in [-0.3, -0.25) is 10.3 Å². The van der Waals surface area contributed by atoms with Crippen LogP contribution in [0.2, 0.25) is 0 Å². The molecule has 1 rings (SSSR count). The molecule has 0 saturated carbocycles. The number of nitrogens with one attached hydrogen (secondary N) is 2. The quantitative estimate of drug-likeness (QED) is 0.356. The molecule has 0 aliphatic carbocycles. The van der Waals surface area contributed by atoms with Crippen LogP contribution in [-0.2, 0) is 6.54 Å². The van der Waals surface area contributed by atoms with Crippen molar-refractivity contribution < 1.29 is 4.79 Å². The Morgan fingerprint density at radius 1 is 1.61 bits per heavy atom. The molecule has 6 nitrogen and oxygen atoms in total. The summed E-state index contributed by atoms with van der Waals surface area (Å²) in [6.45, 7) is 0.247. The number of rotatable bonds is 2. The molecular weight excluding hydrogens is 250 g/mol. The highest BCUT2D eigenvalue weighted by Gasteiger charge is 2.06. The van der Waals surface area contributed by atoms with E-state index in [2.05, 4.69) is 28.3 Å². The minimum absolute atomic E-state index is 0.0318. The topological polar surface area (TPSA) is 103 Å². The van der Waals surface area contributed by atoms with Gasteiger partial charge in [0.05, 0.1) is 5.56 Å². The van der Waals surface area contributed by atoms with Gasteiger partial charge >= 0.3 is 6.03 Å². The number of amides is 2. The lowest BCUT2D eigenvalue weighted by molar-refractivity contribution is 0.245. The van der Waals surface area contributed by atoms with E-state index in [1.807, 2.05) is 6.07 Å². The van der Waals surface area contributed by atoms with Gasteiger partial charge in [-0.05, 0) is 11.6 Å². The largest absolute Gasteiger partial charge is 0.370 e. The number of nitriles is 1. The van der Waals surface area contributed by atoms with Crippen LogP contribution in [0.5, 0.6) is 0 Å². The van der Waals surface area contributed by atoms with E-state index in [0.717, 1.165) is 5.56 Å². The number of nitrogens with two attached hydrogens (primary N) is 1. The van der Waals surface area contributed by atoms with Crippen LogP contribution in [0.3, 0.4) is 0 Å². The fourth-order valence-electron chi connectivity index (χ4n) is 1.22. The number of hydrogen-bond acceptors (Lipinski definition) is 4. The van der Waals surface area contributed by atoms with E-state index in [0.29, 0.717) is 10.5 Å². The summed E-state index contributed by atoms with van der Waals surface area (Å²) in [5.41, 5.74) is 6.55. The number of carbonyl (C=O) groups is 1. The summed E-state index contributed by atoms with van der Waals surface area (Å²) >= 11 is 4.24. The second kappa shape index (κ2) is 6.51. The van der Waals surface area contributed by atoms with Crippen LogP contribution in [0.25, 0.3) is 0 Å². The monoisotopic (exact) mass is 263 g/mol. The molecule has 4 N–H and O–H groups in total. The van der Waals surface area contributed by atoms with Crippen LogP contribution in [0, 0.1) is 11.3 Å². The van der Waals surface area contributed by atoms with Gasteiger partial charge in [0.15, 0.2) is 5.96 Å². The van der Waals surface area contributed by atoms with E-state index in [9.17, 15) is 4.79 Å². The van der Waals surface area contributed by atoms with Crippen molar-refractivity contribution in [2.24, 2.45) is 10.7 Å². The Kier molecular flexibility index (Phi) is 5.02. The predicted octanol–water partition coefficient (Wildman–Crippen LogP) is 0.591. The van der Waals surface area contributed by atoms with Crippen molar-refractivity contribution in [2.75, 3.05) is 7.05 Å². The van der Waals surface area contributed by atoms with E-state index in [1.54, 1.807) is 18.2 Å². The minimum atomic E-state index is -0.465. The maximum Gasteiger partial charge on any atom is 0.321 e. The van der Waals surface area contributed by atoms with E-state index in [-0.39, 0.29) is 12.5 Å². The lowest BCUT2D eigenvalue weighted by Crippen LogP contribution is -2.43. The molecule has 94 valence electrons. The smallest absolute Gasteiger partial charge is 0.321 e. The molecule has 0 fully saturated rings. The molecular formula is C11H13N5OS. The first-order chi connectivity index (χ1) is 8.58. The molecule has 0 spiro atoms. The number of urea groups is 1. The zero-order valence-corrected chi connectivity index (χ0v) is 10.7. The van der Waals surface area contributed by atoms with Crippen molar-refractivity contribution in [1.82, 2.24) is 10.6 Å². The fourth-order valence-corrected chi connectivity index (χ4v) is 1.49. The Bertz CT molecular complexity index is 521. The van der Waals surface area contributed by atoms with Crippen LogP contribution < -0.4 is 16.4 Å². The van der Waals surface area contributed by atoms with Gasteiger partial charge in [0.2, 0.25) is 0 Å². The molecule has 0 aliphatic heterocycles. The molecule has 1 aromatic carbocycles. The van der Waals surface area contributed by atoms with E-state index in [1.165, 1.54) is 7.05 Å². The van der Waals surface area contributed by atoms with Crippen molar-refractivity contribution >= 4 is 24.6 Å². The third-order valence-electron chi connectivity index (χ3n) is 2.16. The molecule has 2 amide bonds. The van der Waals surface area contributed by atoms with Gasteiger partial charge < -0.3 is 11.1 Å². The Morgan fingerprint density at radius 3 is 2.94 bits per heavy atom. The first-order valence-electron chi connectivity index (χ1n) is 5.06. The van der Waals surface area contributed by atoms with Gasteiger partial charge in [-0.15, -0.1) is 12.6 Å². The van der Waals surface area contributed by atoms with Crippen molar-refractivity contribution in [1.29, 1.82) is 5.26 Å². The van der Waals surface area contributed by atoms with Crippen LogP contribution in [-0.4, -0.2) is 19.0 Å². The second-order valence-electron chi connectivity index (χ2n) is 3.34. The van der Waals surface area contributed by atoms with Crippen molar-refractivity contribution in [3.05, 3.63) is 29.3 Å². The van der Waals surface area contributed by atoms with E-state index < -0.39 is 6.03 Å². The Labute approximate surface area is 110 Å². The fraction of sp³-hybridized carbons (Fsp3) is 0.182. The van der Waals surface area contributed by atoms with Gasteiger partial charge in [0.1, 0.15) is 6.07 Å². The first kappa shape index (κ1) is 13.9. The van der Waals surface area contributed by atoms with Crippen molar-refractivity contribution in [2.45, 2.75) is 11.4 Å².